The van der Waals surface area contributed by atoms with Crippen LogP contribution in [0.4, 0.5) is 10.6 Å². The summed E-state index contributed by atoms with van der Waals surface area (Å²) in [6.45, 7) is 3.75. The van der Waals surface area contributed by atoms with E-state index in [1.165, 1.54) is 0 Å². The van der Waals surface area contributed by atoms with Crippen LogP contribution in [0.2, 0.25) is 0 Å². The van der Waals surface area contributed by atoms with Gasteiger partial charge < -0.3 is 15.2 Å². The number of imidazole rings is 1. The zero-order valence-electron chi connectivity index (χ0n) is 9.10. The van der Waals surface area contributed by atoms with Crippen molar-refractivity contribution >= 4 is 17.9 Å². The van der Waals surface area contributed by atoms with Gasteiger partial charge in [-0.3, -0.25) is 0 Å². The van der Waals surface area contributed by atoms with Gasteiger partial charge in [0.25, 0.3) is 0 Å². The maximum atomic E-state index is 11.3. The van der Waals surface area contributed by atoms with E-state index in [9.17, 15) is 9.59 Å². The van der Waals surface area contributed by atoms with Crippen molar-refractivity contribution in [1.82, 2.24) is 9.55 Å². The highest BCUT2D eigenvalue weighted by Crippen LogP contribution is 2.11. The van der Waals surface area contributed by atoms with E-state index in [0.717, 1.165) is 10.9 Å². The number of esters is 1. The Morgan fingerprint density at radius 1 is 1.38 bits per heavy atom. The van der Waals surface area contributed by atoms with Crippen LogP contribution in [0, 0.1) is 0 Å². The molecule has 0 atom stereocenters. The van der Waals surface area contributed by atoms with Crippen LogP contribution in [0.1, 0.15) is 24.3 Å². The summed E-state index contributed by atoms with van der Waals surface area (Å²) in [7, 11) is 0. The number of nitrogens with zero attached hydrogens (tertiary/aromatic N) is 2. The summed E-state index contributed by atoms with van der Waals surface area (Å²) in [6.07, 6.45) is 0.447. The van der Waals surface area contributed by atoms with Gasteiger partial charge in [-0.15, -0.1) is 0 Å². The first kappa shape index (κ1) is 12.0. The third-order valence-electron chi connectivity index (χ3n) is 1.74. The number of rotatable bonds is 3. The second kappa shape index (κ2) is 5.15. The van der Waals surface area contributed by atoms with Gasteiger partial charge in [-0.05, 0) is 13.8 Å². The number of anilines is 1. The highest BCUT2D eigenvalue weighted by atomic mass is 16.5. The lowest BCUT2D eigenvalue weighted by Gasteiger charge is -2.03. The number of aromatic nitrogens is 2. The quantitative estimate of drug-likeness (QED) is 0.761. The number of nitrogen functional groups attached to an aromatic ring is 1. The molecule has 0 unspecified atom stereocenters. The summed E-state index contributed by atoms with van der Waals surface area (Å²) in [5.41, 5.74) is 5.48. The van der Waals surface area contributed by atoms with Crippen molar-refractivity contribution in [3.63, 3.8) is 0 Å². The second-order valence-corrected chi connectivity index (χ2v) is 2.77. The zero-order chi connectivity index (χ0) is 12.1. The lowest BCUT2D eigenvalue weighted by Crippen LogP contribution is -2.16. The Morgan fingerprint density at radius 3 is 2.56 bits per heavy atom. The summed E-state index contributed by atoms with van der Waals surface area (Å²) in [4.78, 5) is 26.4. The average molecular weight is 227 g/mol. The molecule has 2 N–H and O–H groups in total. The molecule has 0 fully saturated rings. The minimum atomic E-state index is -0.678. The molecule has 0 bridgehead atoms. The van der Waals surface area contributed by atoms with Crippen molar-refractivity contribution in [3.05, 3.63) is 12.0 Å². The van der Waals surface area contributed by atoms with Crippen molar-refractivity contribution in [2.45, 2.75) is 13.8 Å². The van der Waals surface area contributed by atoms with Gasteiger partial charge in [-0.25, -0.2) is 19.1 Å². The van der Waals surface area contributed by atoms with Gasteiger partial charge in [0.2, 0.25) is 0 Å². The molecule has 1 aromatic rings. The standard InChI is InChI=1S/C9H13N3O4/c1-3-15-8(13)6-7(10)12(5-11-6)9(14)16-4-2/h5H,3-4,10H2,1-2H3. The Balaban J connectivity index is 2.92. The predicted octanol–water partition coefficient (Wildman–Crippen LogP) is 0.647. The number of ether oxygens (including phenoxy) is 2. The van der Waals surface area contributed by atoms with Gasteiger partial charge in [-0.1, -0.05) is 0 Å². The second-order valence-electron chi connectivity index (χ2n) is 2.77. The molecular weight excluding hydrogens is 214 g/mol. The SMILES string of the molecule is CCOC(=O)c1ncn(C(=O)OCC)c1N. The molecule has 0 saturated carbocycles. The predicted molar refractivity (Wildman–Crippen MR) is 55.0 cm³/mol. The van der Waals surface area contributed by atoms with Crippen LogP contribution >= 0.6 is 0 Å². The van der Waals surface area contributed by atoms with E-state index in [1.807, 2.05) is 0 Å². The molecule has 0 aromatic carbocycles. The molecule has 0 saturated heterocycles. The lowest BCUT2D eigenvalue weighted by molar-refractivity contribution is 0.0521. The molecule has 0 aliphatic rings. The molecule has 0 spiro atoms. The number of carbonyl (C=O) groups is 2. The van der Waals surface area contributed by atoms with Crippen molar-refractivity contribution in [3.8, 4) is 0 Å². The minimum absolute atomic E-state index is 0.0862. The van der Waals surface area contributed by atoms with Crippen LogP contribution in [0.5, 0.6) is 0 Å². The third-order valence-corrected chi connectivity index (χ3v) is 1.74. The van der Waals surface area contributed by atoms with Crippen molar-refractivity contribution < 1.29 is 19.1 Å². The van der Waals surface area contributed by atoms with Crippen LogP contribution in [-0.4, -0.2) is 34.8 Å². The van der Waals surface area contributed by atoms with Crippen molar-refractivity contribution in [2.24, 2.45) is 0 Å². The number of nitrogens with two attached hydrogens (primary N) is 1. The van der Waals surface area contributed by atoms with E-state index in [-0.39, 0.29) is 24.7 Å². The molecule has 7 nitrogen and oxygen atoms in total. The summed E-state index contributed by atoms with van der Waals surface area (Å²) >= 11 is 0. The number of carbonyl (C=O) groups excluding carboxylic acids is 2. The normalized spacial score (nSPS) is 9.88. The van der Waals surface area contributed by atoms with Gasteiger partial charge in [0.15, 0.2) is 5.69 Å². The average Bonchev–Trinajstić information content (AvgIpc) is 2.61. The molecule has 1 aromatic heterocycles. The first-order valence-electron chi connectivity index (χ1n) is 4.78. The molecule has 0 radical (unpaired) electrons. The molecule has 88 valence electrons. The largest absolute Gasteiger partial charge is 0.461 e. The highest BCUT2D eigenvalue weighted by Gasteiger charge is 2.20. The summed E-state index contributed by atoms with van der Waals surface area (Å²) in [6, 6.07) is 0. The Bertz CT molecular complexity index is 364. The maximum Gasteiger partial charge on any atom is 0.420 e. The van der Waals surface area contributed by atoms with E-state index in [4.69, 9.17) is 15.2 Å². The van der Waals surface area contributed by atoms with Crippen LogP contribution in [-0.2, 0) is 9.47 Å². The summed E-state index contributed by atoms with van der Waals surface area (Å²) in [5, 5.41) is 0. The molecule has 1 heterocycles. The highest BCUT2D eigenvalue weighted by molar-refractivity contribution is 5.94. The fourth-order valence-electron chi connectivity index (χ4n) is 1.05. The van der Waals surface area contributed by atoms with Gasteiger partial charge >= 0.3 is 12.1 Å². The van der Waals surface area contributed by atoms with E-state index in [2.05, 4.69) is 4.98 Å². The number of hydrogen-bond acceptors (Lipinski definition) is 6. The Morgan fingerprint density at radius 2 is 2.00 bits per heavy atom. The number of hydrogen-bond donors (Lipinski definition) is 1. The van der Waals surface area contributed by atoms with Crippen molar-refractivity contribution in [1.29, 1.82) is 0 Å². The van der Waals surface area contributed by atoms with Crippen LogP contribution in [0.25, 0.3) is 0 Å². The fourth-order valence-corrected chi connectivity index (χ4v) is 1.05. The van der Waals surface area contributed by atoms with E-state index in [1.54, 1.807) is 13.8 Å². The minimum Gasteiger partial charge on any atom is -0.461 e. The van der Waals surface area contributed by atoms with Crippen LogP contribution < -0.4 is 5.73 Å². The first-order valence-corrected chi connectivity index (χ1v) is 4.78. The summed E-state index contributed by atoms with van der Waals surface area (Å²) in [5.74, 6) is -0.750. The molecule has 0 aliphatic heterocycles. The van der Waals surface area contributed by atoms with Crippen LogP contribution in [0.3, 0.4) is 0 Å². The van der Waals surface area contributed by atoms with Crippen LogP contribution in [0.15, 0.2) is 6.33 Å². The summed E-state index contributed by atoms with van der Waals surface area (Å²) < 4.78 is 10.4. The lowest BCUT2D eigenvalue weighted by atomic mass is 10.4. The van der Waals surface area contributed by atoms with Gasteiger partial charge in [0.05, 0.1) is 13.2 Å². The molecule has 0 aliphatic carbocycles. The fraction of sp³-hybridized carbons (Fsp3) is 0.444. The maximum absolute atomic E-state index is 11.3. The van der Waals surface area contributed by atoms with Gasteiger partial charge in [-0.2, -0.15) is 0 Å². The molecule has 0 amide bonds. The zero-order valence-corrected chi connectivity index (χ0v) is 9.10. The van der Waals surface area contributed by atoms with Gasteiger partial charge in [0.1, 0.15) is 12.1 Å². The molecule has 7 heteroatoms. The van der Waals surface area contributed by atoms with E-state index in [0.29, 0.717) is 0 Å². The molecule has 16 heavy (non-hydrogen) atoms. The van der Waals surface area contributed by atoms with Gasteiger partial charge in [0, 0.05) is 0 Å². The van der Waals surface area contributed by atoms with E-state index >= 15 is 0 Å². The molecule has 1 rings (SSSR count). The topological polar surface area (TPSA) is 96.4 Å². The Labute approximate surface area is 92.1 Å². The Kier molecular flexibility index (Phi) is 3.87. The van der Waals surface area contributed by atoms with E-state index < -0.39 is 12.1 Å². The first-order chi connectivity index (χ1) is 7.61. The Hall–Kier alpha value is -2.05. The molecular formula is C9H13N3O4. The third kappa shape index (κ3) is 2.30. The smallest absolute Gasteiger partial charge is 0.420 e. The van der Waals surface area contributed by atoms with Crippen molar-refractivity contribution in [2.75, 3.05) is 18.9 Å². The monoisotopic (exact) mass is 227 g/mol.